The first-order valence-corrected chi connectivity index (χ1v) is 6.82. The van der Waals surface area contributed by atoms with Crippen molar-refractivity contribution in [2.24, 2.45) is 0 Å². The van der Waals surface area contributed by atoms with Gasteiger partial charge in [0.2, 0.25) is 0 Å². The van der Waals surface area contributed by atoms with E-state index in [4.69, 9.17) is 23.2 Å². The summed E-state index contributed by atoms with van der Waals surface area (Å²) in [7, 11) is 0. The van der Waals surface area contributed by atoms with Crippen LogP contribution in [0.1, 0.15) is 32.4 Å². The number of rotatable bonds is 3. The average Bonchev–Trinajstić information content (AvgIpc) is 2.27. The quantitative estimate of drug-likeness (QED) is 0.848. The lowest BCUT2D eigenvalue weighted by molar-refractivity contribution is 0.830. The maximum Gasteiger partial charge on any atom is 0.0756 e. The number of anilines is 1. The summed E-state index contributed by atoms with van der Waals surface area (Å²) in [6, 6.07) is 5.68. The van der Waals surface area contributed by atoms with Gasteiger partial charge in [-0.2, -0.15) is 0 Å². The molecule has 0 unspecified atom stereocenters. The van der Waals surface area contributed by atoms with Crippen LogP contribution >= 0.6 is 23.2 Å². The second kappa shape index (κ2) is 5.33. The number of hydrogen-bond donors (Lipinski definition) is 1. The van der Waals surface area contributed by atoms with Crippen LogP contribution in [-0.2, 0) is 0 Å². The van der Waals surface area contributed by atoms with E-state index in [-0.39, 0.29) is 0 Å². The molecule has 18 heavy (non-hydrogen) atoms. The number of nitrogens with one attached hydrogen (secondary N) is 1. The highest BCUT2D eigenvalue weighted by molar-refractivity contribution is 6.39. The Labute approximate surface area is 117 Å². The number of nitrogens with zero attached hydrogens (tertiary/aromatic N) is 1. The summed E-state index contributed by atoms with van der Waals surface area (Å²) in [4.78, 5) is 4.63. The van der Waals surface area contributed by atoms with E-state index in [9.17, 15) is 0 Å². The average molecular weight is 283 g/mol. The molecule has 1 aromatic carbocycles. The van der Waals surface area contributed by atoms with Crippen molar-refractivity contribution in [1.82, 2.24) is 4.98 Å². The Morgan fingerprint density at radius 2 is 1.94 bits per heavy atom. The largest absolute Gasteiger partial charge is 0.385 e. The predicted octanol–water partition coefficient (Wildman–Crippen LogP) is 5.10. The van der Waals surface area contributed by atoms with E-state index in [1.54, 1.807) is 6.07 Å². The minimum atomic E-state index is 0.365. The van der Waals surface area contributed by atoms with Gasteiger partial charge in [-0.1, -0.05) is 37.0 Å². The van der Waals surface area contributed by atoms with Crippen LogP contribution in [0.4, 0.5) is 5.69 Å². The maximum atomic E-state index is 6.27. The van der Waals surface area contributed by atoms with Crippen molar-refractivity contribution in [3.63, 3.8) is 0 Å². The van der Waals surface area contributed by atoms with Crippen molar-refractivity contribution in [2.45, 2.75) is 26.7 Å². The summed E-state index contributed by atoms with van der Waals surface area (Å²) in [5.74, 6) is 0.365. The van der Waals surface area contributed by atoms with Crippen LogP contribution in [0.5, 0.6) is 0 Å². The van der Waals surface area contributed by atoms with Crippen molar-refractivity contribution >= 4 is 39.8 Å². The molecule has 0 aliphatic carbocycles. The molecule has 0 saturated heterocycles. The van der Waals surface area contributed by atoms with E-state index in [1.165, 1.54) is 0 Å². The second-order valence-electron chi connectivity index (χ2n) is 4.56. The number of aromatic nitrogens is 1. The topological polar surface area (TPSA) is 24.9 Å². The Morgan fingerprint density at radius 1 is 1.22 bits per heavy atom. The minimum Gasteiger partial charge on any atom is -0.385 e. The highest BCUT2D eigenvalue weighted by Gasteiger charge is 2.11. The van der Waals surface area contributed by atoms with Gasteiger partial charge in [0.25, 0.3) is 0 Å². The summed E-state index contributed by atoms with van der Waals surface area (Å²) in [6.07, 6.45) is 0. The van der Waals surface area contributed by atoms with Gasteiger partial charge < -0.3 is 5.32 Å². The fourth-order valence-corrected chi connectivity index (χ4v) is 2.52. The van der Waals surface area contributed by atoms with Gasteiger partial charge in [-0.15, -0.1) is 0 Å². The number of hydrogen-bond acceptors (Lipinski definition) is 2. The van der Waals surface area contributed by atoms with Crippen LogP contribution in [0.2, 0.25) is 10.0 Å². The first kappa shape index (κ1) is 13.4. The molecule has 0 fully saturated rings. The lowest BCUT2D eigenvalue weighted by Gasteiger charge is -2.14. The van der Waals surface area contributed by atoms with E-state index < -0.39 is 0 Å². The van der Waals surface area contributed by atoms with Crippen LogP contribution in [0, 0.1) is 0 Å². The molecule has 96 valence electrons. The summed E-state index contributed by atoms with van der Waals surface area (Å²) in [5, 5.41) is 5.53. The Bertz CT molecular complexity index is 580. The van der Waals surface area contributed by atoms with E-state index in [0.717, 1.165) is 28.8 Å². The fraction of sp³-hybridized carbons (Fsp3) is 0.357. The lowest BCUT2D eigenvalue weighted by atomic mass is 10.1. The van der Waals surface area contributed by atoms with Crippen LogP contribution in [0.25, 0.3) is 10.9 Å². The van der Waals surface area contributed by atoms with Gasteiger partial charge in [0, 0.05) is 28.3 Å². The van der Waals surface area contributed by atoms with Gasteiger partial charge >= 0.3 is 0 Å². The number of pyridine rings is 1. The molecule has 2 aromatic rings. The molecule has 0 bridgehead atoms. The Kier molecular flexibility index (Phi) is 3.98. The molecule has 1 N–H and O–H groups in total. The number of benzene rings is 1. The summed E-state index contributed by atoms with van der Waals surface area (Å²) in [6.45, 7) is 7.15. The highest BCUT2D eigenvalue weighted by atomic mass is 35.5. The molecule has 0 atom stereocenters. The van der Waals surface area contributed by atoms with Crippen molar-refractivity contribution in [3.05, 3.63) is 33.9 Å². The van der Waals surface area contributed by atoms with Gasteiger partial charge in [-0.05, 0) is 31.0 Å². The third kappa shape index (κ3) is 2.55. The maximum absolute atomic E-state index is 6.27. The number of halogens is 2. The molecule has 0 saturated carbocycles. The van der Waals surface area contributed by atoms with Crippen LogP contribution in [0.15, 0.2) is 18.2 Å². The van der Waals surface area contributed by atoms with Crippen LogP contribution in [0.3, 0.4) is 0 Å². The van der Waals surface area contributed by atoms with Gasteiger partial charge in [0.15, 0.2) is 0 Å². The molecule has 4 heteroatoms. The summed E-state index contributed by atoms with van der Waals surface area (Å²) >= 11 is 12.3. The standard InChI is InChI=1S/C14H16Cl2N2/c1-4-17-12-7-11(8(2)3)18-13-6-9(15)5-10(16)14(12)13/h5-8H,4H2,1-3H3,(H,17,18). The molecule has 0 aliphatic heterocycles. The zero-order valence-corrected chi connectivity index (χ0v) is 12.2. The molecule has 1 aromatic heterocycles. The first-order chi connectivity index (χ1) is 8.52. The summed E-state index contributed by atoms with van der Waals surface area (Å²) < 4.78 is 0. The molecule has 1 heterocycles. The van der Waals surface area contributed by atoms with Crippen molar-refractivity contribution in [1.29, 1.82) is 0 Å². The second-order valence-corrected chi connectivity index (χ2v) is 5.41. The molecule has 2 nitrogen and oxygen atoms in total. The van der Waals surface area contributed by atoms with Gasteiger partial charge in [-0.3, -0.25) is 4.98 Å². The van der Waals surface area contributed by atoms with Crippen LogP contribution < -0.4 is 5.32 Å². The predicted molar refractivity (Wildman–Crippen MR) is 80.0 cm³/mol. The number of fused-ring (bicyclic) bond motifs is 1. The normalized spacial score (nSPS) is 11.2. The molecule has 0 radical (unpaired) electrons. The minimum absolute atomic E-state index is 0.365. The van der Waals surface area contributed by atoms with Gasteiger partial charge in [0.1, 0.15) is 0 Å². The zero-order valence-electron chi connectivity index (χ0n) is 10.7. The third-order valence-corrected chi connectivity index (χ3v) is 3.32. The smallest absolute Gasteiger partial charge is 0.0756 e. The highest BCUT2D eigenvalue weighted by Crippen LogP contribution is 2.34. The SMILES string of the molecule is CCNc1cc(C(C)C)nc2cc(Cl)cc(Cl)c12. The van der Waals surface area contributed by atoms with E-state index >= 15 is 0 Å². The summed E-state index contributed by atoms with van der Waals surface area (Å²) in [5.41, 5.74) is 2.90. The van der Waals surface area contributed by atoms with Crippen molar-refractivity contribution in [2.75, 3.05) is 11.9 Å². The molecule has 2 rings (SSSR count). The monoisotopic (exact) mass is 282 g/mol. The van der Waals surface area contributed by atoms with Gasteiger partial charge in [0.05, 0.1) is 10.5 Å². The molecule has 0 aliphatic rings. The molecule has 0 amide bonds. The van der Waals surface area contributed by atoms with E-state index in [0.29, 0.717) is 16.0 Å². The van der Waals surface area contributed by atoms with Crippen molar-refractivity contribution < 1.29 is 0 Å². The zero-order chi connectivity index (χ0) is 13.3. The van der Waals surface area contributed by atoms with Gasteiger partial charge in [-0.25, -0.2) is 0 Å². The third-order valence-electron chi connectivity index (χ3n) is 2.80. The molecule has 0 spiro atoms. The van der Waals surface area contributed by atoms with E-state index in [2.05, 4.69) is 37.1 Å². The van der Waals surface area contributed by atoms with Crippen LogP contribution in [-0.4, -0.2) is 11.5 Å². The van der Waals surface area contributed by atoms with E-state index in [1.807, 2.05) is 6.07 Å². The Morgan fingerprint density at radius 3 is 2.56 bits per heavy atom. The first-order valence-electron chi connectivity index (χ1n) is 6.06. The van der Waals surface area contributed by atoms with Crippen molar-refractivity contribution in [3.8, 4) is 0 Å². The fourth-order valence-electron chi connectivity index (χ4n) is 1.93. The Balaban J connectivity index is 2.76. The Hall–Kier alpha value is -0.990. The molecular weight excluding hydrogens is 267 g/mol. The lowest BCUT2D eigenvalue weighted by Crippen LogP contribution is -2.02. The molecular formula is C14H16Cl2N2.